The molecule has 2 amide bonds. The number of aryl methyl sites for hydroxylation is 2. The number of amides is 2. The number of piperazine rings is 1. The molecule has 1 aliphatic heterocycles. The smallest absolute Gasteiger partial charge is 0.323 e. The SMILES string of the molecule is CCN1CCN(C(=O)Nc2ccn(C)n2)C[C@H]1c1nccn1C. The molecule has 0 aliphatic carbocycles. The zero-order valence-electron chi connectivity index (χ0n) is 13.8. The van der Waals surface area contributed by atoms with Gasteiger partial charge in [-0.3, -0.25) is 14.9 Å². The maximum atomic E-state index is 12.5. The predicted molar refractivity (Wildman–Crippen MR) is 87.0 cm³/mol. The van der Waals surface area contributed by atoms with Gasteiger partial charge in [-0.05, 0) is 6.54 Å². The van der Waals surface area contributed by atoms with Gasteiger partial charge in [-0.15, -0.1) is 0 Å². The third-order valence-electron chi connectivity index (χ3n) is 4.29. The Morgan fingerprint density at radius 2 is 2.17 bits per heavy atom. The summed E-state index contributed by atoms with van der Waals surface area (Å²) in [6.07, 6.45) is 5.55. The Labute approximate surface area is 135 Å². The number of rotatable bonds is 3. The molecule has 8 nitrogen and oxygen atoms in total. The van der Waals surface area contributed by atoms with Crippen LogP contribution < -0.4 is 5.32 Å². The summed E-state index contributed by atoms with van der Waals surface area (Å²) in [5, 5.41) is 7.05. The molecule has 1 fully saturated rings. The van der Waals surface area contributed by atoms with Crippen molar-refractivity contribution in [3.63, 3.8) is 0 Å². The first kappa shape index (κ1) is 15.5. The van der Waals surface area contributed by atoms with Crippen molar-refractivity contribution in [3.05, 3.63) is 30.5 Å². The van der Waals surface area contributed by atoms with E-state index in [1.807, 2.05) is 29.8 Å². The van der Waals surface area contributed by atoms with Crippen molar-refractivity contribution < 1.29 is 4.79 Å². The molecule has 8 heteroatoms. The molecule has 0 spiro atoms. The second kappa shape index (κ2) is 6.41. The molecule has 0 unspecified atom stereocenters. The summed E-state index contributed by atoms with van der Waals surface area (Å²) in [7, 11) is 3.82. The first-order chi connectivity index (χ1) is 11.1. The molecule has 124 valence electrons. The first-order valence-electron chi connectivity index (χ1n) is 7.85. The van der Waals surface area contributed by atoms with E-state index in [-0.39, 0.29) is 12.1 Å². The summed E-state index contributed by atoms with van der Waals surface area (Å²) in [6, 6.07) is 1.79. The maximum absolute atomic E-state index is 12.5. The summed E-state index contributed by atoms with van der Waals surface area (Å²) >= 11 is 0. The largest absolute Gasteiger partial charge is 0.337 e. The highest BCUT2D eigenvalue weighted by atomic mass is 16.2. The standard InChI is InChI=1S/C15H23N7O/c1-4-21-9-10-22(11-12(21)14-16-6-8-19(14)2)15(23)17-13-5-7-20(3)18-13/h5-8,12H,4,9-11H2,1-3H3,(H,17,18,23)/t12-/m0/s1. The van der Waals surface area contributed by atoms with Crippen LogP contribution in [0.3, 0.4) is 0 Å². The average molecular weight is 317 g/mol. The third-order valence-corrected chi connectivity index (χ3v) is 4.29. The van der Waals surface area contributed by atoms with Crippen molar-refractivity contribution in [3.8, 4) is 0 Å². The number of urea groups is 1. The summed E-state index contributed by atoms with van der Waals surface area (Å²) in [4.78, 5) is 21.1. The molecule has 1 saturated heterocycles. The van der Waals surface area contributed by atoms with Gasteiger partial charge >= 0.3 is 6.03 Å². The summed E-state index contributed by atoms with van der Waals surface area (Å²) in [6.45, 7) is 5.24. The van der Waals surface area contributed by atoms with Crippen molar-refractivity contribution >= 4 is 11.8 Å². The Kier molecular flexibility index (Phi) is 4.33. The van der Waals surface area contributed by atoms with E-state index in [1.165, 1.54) is 0 Å². The second-order valence-corrected chi connectivity index (χ2v) is 5.79. The predicted octanol–water partition coefficient (Wildman–Crippen LogP) is 1.06. The monoisotopic (exact) mass is 317 g/mol. The fraction of sp³-hybridized carbons (Fsp3) is 0.533. The van der Waals surface area contributed by atoms with Crippen LogP contribution in [0.2, 0.25) is 0 Å². The molecular formula is C15H23N7O. The zero-order valence-corrected chi connectivity index (χ0v) is 13.8. The molecule has 1 atom stereocenters. The third kappa shape index (κ3) is 3.21. The average Bonchev–Trinajstić information content (AvgIpc) is 3.15. The van der Waals surface area contributed by atoms with Gasteiger partial charge in [0.25, 0.3) is 0 Å². The van der Waals surface area contributed by atoms with E-state index >= 15 is 0 Å². The van der Waals surface area contributed by atoms with Crippen LogP contribution >= 0.6 is 0 Å². The van der Waals surface area contributed by atoms with Gasteiger partial charge in [0.2, 0.25) is 0 Å². The minimum absolute atomic E-state index is 0.112. The molecule has 3 rings (SSSR count). The van der Waals surface area contributed by atoms with Gasteiger partial charge in [0.15, 0.2) is 5.82 Å². The lowest BCUT2D eigenvalue weighted by atomic mass is 10.1. The van der Waals surface area contributed by atoms with E-state index in [9.17, 15) is 4.79 Å². The highest BCUT2D eigenvalue weighted by Crippen LogP contribution is 2.24. The number of nitrogens with zero attached hydrogens (tertiary/aromatic N) is 6. The lowest BCUT2D eigenvalue weighted by molar-refractivity contribution is 0.0926. The van der Waals surface area contributed by atoms with Crippen LogP contribution in [-0.4, -0.2) is 61.3 Å². The first-order valence-corrected chi connectivity index (χ1v) is 7.85. The van der Waals surface area contributed by atoms with Gasteiger partial charge in [0.1, 0.15) is 5.82 Å². The summed E-state index contributed by atoms with van der Waals surface area (Å²) in [5.74, 6) is 1.56. The van der Waals surface area contributed by atoms with E-state index in [4.69, 9.17) is 0 Å². The maximum Gasteiger partial charge on any atom is 0.323 e. The number of carbonyl (C=O) groups excluding carboxylic acids is 1. The quantitative estimate of drug-likeness (QED) is 0.919. The topological polar surface area (TPSA) is 71.2 Å². The van der Waals surface area contributed by atoms with Gasteiger partial charge < -0.3 is 9.47 Å². The van der Waals surface area contributed by atoms with Crippen LogP contribution in [-0.2, 0) is 14.1 Å². The van der Waals surface area contributed by atoms with E-state index in [0.717, 1.165) is 18.9 Å². The summed E-state index contributed by atoms with van der Waals surface area (Å²) in [5.41, 5.74) is 0. The molecule has 1 N–H and O–H groups in total. The normalized spacial score (nSPS) is 19.1. The Morgan fingerprint density at radius 1 is 1.35 bits per heavy atom. The fourth-order valence-electron chi connectivity index (χ4n) is 3.00. The molecule has 2 aromatic rings. The van der Waals surface area contributed by atoms with Gasteiger partial charge in [-0.2, -0.15) is 5.10 Å². The van der Waals surface area contributed by atoms with Crippen LogP contribution in [0, 0.1) is 0 Å². The lowest BCUT2D eigenvalue weighted by Crippen LogP contribution is -2.52. The highest BCUT2D eigenvalue weighted by Gasteiger charge is 2.32. The van der Waals surface area contributed by atoms with E-state index in [0.29, 0.717) is 18.9 Å². The number of hydrogen-bond acceptors (Lipinski definition) is 4. The molecule has 0 bridgehead atoms. The van der Waals surface area contributed by atoms with E-state index in [2.05, 4.69) is 27.2 Å². The van der Waals surface area contributed by atoms with Crippen LogP contribution in [0.25, 0.3) is 0 Å². The number of anilines is 1. The van der Waals surface area contributed by atoms with Gasteiger partial charge in [-0.25, -0.2) is 9.78 Å². The van der Waals surface area contributed by atoms with Gasteiger partial charge in [-0.1, -0.05) is 6.92 Å². The van der Waals surface area contributed by atoms with Crippen molar-refractivity contribution in [2.24, 2.45) is 14.1 Å². The number of aromatic nitrogens is 4. The van der Waals surface area contributed by atoms with Crippen LogP contribution in [0.1, 0.15) is 18.8 Å². The number of likely N-dealkylation sites (N-methyl/N-ethyl adjacent to an activating group) is 1. The van der Waals surface area contributed by atoms with Gasteiger partial charge in [0, 0.05) is 58.4 Å². The number of carbonyl (C=O) groups is 1. The van der Waals surface area contributed by atoms with E-state index in [1.54, 1.807) is 23.1 Å². The molecule has 0 radical (unpaired) electrons. The number of hydrogen-bond donors (Lipinski definition) is 1. The Hall–Kier alpha value is -2.35. The van der Waals surface area contributed by atoms with Crippen LogP contribution in [0.4, 0.5) is 10.6 Å². The Morgan fingerprint density at radius 3 is 2.78 bits per heavy atom. The molecule has 3 heterocycles. The molecule has 1 aliphatic rings. The molecule has 2 aromatic heterocycles. The van der Waals surface area contributed by atoms with E-state index < -0.39 is 0 Å². The van der Waals surface area contributed by atoms with Crippen LogP contribution in [0.5, 0.6) is 0 Å². The van der Waals surface area contributed by atoms with Crippen molar-refractivity contribution in [2.75, 3.05) is 31.5 Å². The number of nitrogens with one attached hydrogen (secondary N) is 1. The summed E-state index contributed by atoms with van der Waals surface area (Å²) < 4.78 is 3.69. The second-order valence-electron chi connectivity index (χ2n) is 5.79. The Bertz CT molecular complexity index is 677. The molecule has 23 heavy (non-hydrogen) atoms. The van der Waals surface area contributed by atoms with Crippen LogP contribution in [0.15, 0.2) is 24.7 Å². The van der Waals surface area contributed by atoms with Crippen molar-refractivity contribution in [1.29, 1.82) is 0 Å². The number of imidazole rings is 1. The van der Waals surface area contributed by atoms with Crippen molar-refractivity contribution in [1.82, 2.24) is 29.1 Å². The lowest BCUT2D eigenvalue weighted by Gasteiger charge is -2.40. The molecule has 0 saturated carbocycles. The molecular weight excluding hydrogens is 294 g/mol. The van der Waals surface area contributed by atoms with Crippen molar-refractivity contribution in [2.45, 2.75) is 13.0 Å². The minimum Gasteiger partial charge on any atom is -0.337 e. The highest BCUT2D eigenvalue weighted by molar-refractivity contribution is 5.88. The minimum atomic E-state index is -0.112. The Balaban J connectivity index is 1.72. The molecule has 0 aromatic carbocycles. The zero-order chi connectivity index (χ0) is 16.4. The van der Waals surface area contributed by atoms with Gasteiger partial charge in [0.05, 0.1) is 6.04 Å². The fourth-order valence-corrected chi connectivity index (χ4v) is 3.00.